The van der Waals surface area contributed by atoms with E-state index in [-0.39, 0.29) is 17.7 Å². The lowest BCUT2D eigenvalue weighted by atomic mass is 9.75. The summed E-state index contributed by atoms with van der Waals surface area (Å²) in [7, 11) is 0. The summed E-state index contributed by atoms with van der Waals surface area (Å²) in [5, 5.41) is 7.83. The fourth-order valence-electron chi connectivity index (χ4n) is 4.68. The molecule has 8 heteroatoms. The van der Waals surface area contributed by atoms with E-state index in [4.69, 9.17) is 9.72 Å². The van der Waals surface area contributed by atoms with Gasteiger partial charge in [0.1, 0.15) is 11.4 Å². The molecule has 7 nitrogen and oxygen atoms in total. The minimum atomic E-state index is -0.562. The lowest BCUT2D eigenvalue weighted by molar-refractivity contribution is -0.0313. The molecular formula is C22H18FN5O2. The lowest BCUT2D eigenvalue weighted by Crippen LogP contribution is -2.31. The van der Waals surface area contributed by atoms with Gasteiger partial charge in [0.15, 0.2) is 11.5 Å². The average molecular weight is 403 g/mol. The lowest BCUT2D eigenvalue weighted by Gasteiger charge is -2.35. The number of halogens is 1. The van der Waals surface area contributed by atoms with Crippen LogP contribution >= 0.6 is 0 Å². The van der Waals surface area contributed by atoms with Crippen molar-refractivity contribution in [1.82, 2.24) is 24.8 Å². The van der Waals surface area contributed by atoms with Crippen LogP contribution in [-0.4, -0.2) is 30.8 Å². The third-order valence-corrected chi connectivity index (χ3v) is 6.28. The van der Waals surface area contributed by atoms with Crippen LogP contribution in [0.4, 0.5) is 4.39 Å². The highest BCUT2D eigenvalue weighted by Gasteiger charge is 2.48. The molecule has 0 saturated heterocycles. The van der Waals surface area contributed by atoms with E-state index >= 15 is 0 Å². The van der Waals surface area contributed by atoms with Crippen LogP contribution in [-0.2, 0) is 10.3 Å². The van der Waals surface area contributed by atoms with E-state index in [0.29, 0.717) is 5.56 Å². The zero-order chi connectivity index (χ0) is 20.3. The quantitative estimate of drug-likeness (QED) is 0.512. The third-order valence-electron chi connectivity index (χ3n) is 6.28. The molecule has 1 spiro atoms. The molecule has 1 aromatic carbocycles. The number of pyridine rings is 1. The molecular weight excluding hydrogens is 385 g/mol. The summed E-state index contributed by atoms with van der Waals surface area (Å²) in [4.78, 5) is 21.1. The molecule has 0 radical (unpaired) electrons. The first-order valence-electron chi connectivity index (χ1n) is 10.0. The monoisotopic (exact) mass is 403 g/mol. The summed E-state index contributed by atoms with van der Waals surface area (Å²) in [6.45, 7) is 0. The number of aromatic nitrogens is 5. The van der Waals surface area contributed by atoms with E-state index in [2.05, 4.69) is 15.2 Å². The van der Waals surface area contributed by atoms with Gasteiger partial charge >= 0.3 is 5.97 Å². The predicted molar refractivity (Wildman–Crippen MR) is 105 cm³/mol. The highest BCUT2D eigenvalue weighted by molar-refractivity contribution is 5.94. The fourth-order valence-corrected chi connectivity index (χ4v) is 4.68. The van der Waals surface area contributed by atoms with Gasteiger partial charge in [0.25, 0.3) is 0 Å². The molecule has 0 atom stereocenters. The van der Waals surface area contributed by atoms with Crippen molar-refractivity contribution < 1.29 is 13.9 Å². The van der Waals surface area contributed by atoms with Gasteiger partial charge in [-0.05, 0) is 61.6 Å². The van der Waals surface area contributed by atoms with Crippen LogP contribution < -0.4 is 0 Å². The van der Waals surface area contributed by atoms with Gasteiger partial charge in [-0.25, -0.2) is 14.2 Å². The van der Waals surface area contributed by atoms with E-state index in [0.717, 1.165) is 54.0 Å². The Bertz CT molecular complexity index is 1240. The van der Waals surface area contributed by atoms with Crippen molar-refractivity contribution in [3.63, 3.8) is 0 Å². The minimum Gasteiger partial charge on any atom is -0.450 e. The number of nitrogens with zero attached hydrogens (tertiary/aromatic N) is 4. The van der Waals surface area contributed by atoms with Crippen molar-refractivity contribution in [2.45, 2.75) is 37.2 Å². The first-order chi connectivity index (χ1) is 14.6. The first-order valence-corrected chi connectivity index (χ1v) is 10.0. The van der Waals surface area contributed by atoms with Gasteiger partial charge < -0.3 is 4.74 Å². The number of carbonyl (C=O) groups excluding carboxylic acids is 1. The van der Waals surface area contributed by atoms with Crippen molar-refractivity contribution in [3.8, 4) is 11.3 Å². The highest BCUT2D eigenvalue weighted by atomic mass is 19.1. The molecule has 1 aliphatic carbocycles. The number of aromatic amines is 1. The van der Waals surface area contributed by atoms with Crippen LogP contribution in [0.25, 0.3) is 16.9 Å². The normalized spacial score (nSPS) is 23.1. The van der Waals surface area contributed by atoms with Crippen LogP contribution in [0.3, 0.4) is 0 Å². The Morgan fingerprint density at radius 3 is 2.73 bits per heavy atom. The third kappa shape index (κ3) is 2.56. The molecule has 4 aromatic rings. The van der Waals surface area contributed by atoms with Crippen LogP contribution in [0.2, 0.25) is 0 Å². The summed E-state index contributed by atoms with van der Waals surface area (Å²) in [5.41, 5.74) is 3.41. The molecule has 150 valence electrons. The Morgan fingerprint density at radius 1 is 1.17 bits per heavy atom. The van der Waals surface area contributed by atoms with Gasteiger partial charge in [-0.3, -0.25) is 10.1 Å². The van der Waals surface area contributed by atoms with Crippen LogP contribution in [0.5, 0.6) is 0 Å². The zero-order valence-electron chi connectivity index (χ0n) is 16.0. The summed E-state index contributed by atoms with van der Waals surface area (Å²) in [5.74, 6) is 0.472. The highest BCUT2D eigenvalue weighted by Crippen LogP contribution is 2.49. The van der Waals surface area contributed by atoms with E-state index in [9.17, 15) is 9.18 Å². The second-order valence-electron chi connectivity index (χ2n) is 8.00. The van der Waals surface area contributed by atoms with Crippen molar-refractivity contribution in [2.24, 2.45) is 0 Å². The second-order valence-corrected chi connectivity index (χ2v) is 8.00. The maximum absolute atomic E-state index is 13.1. The largest absolute Gasteiger partial charge is 0.450 e. The molecule has 1 fully saturated rings. The average Bonchev–Trinajstić information content (AvgIpc) is 3.41. The predicted octanol–water partition coefficient (Wildman–Crippen LogP) is 3.98. The number of ether oxygens (including phenoxy) is 1. The van der Waals surface area contributed by atoms with Gasteiger partial charge in [0, 0.05) is 29.9 Å². The zero-order valence-corrected chi connectivity index (χ0v) is 16.0. The Balaban J connectivity index is 1.23. The number of hydrogen-bond donors (Lipinski definition) is 1. The Hall–Kier alpha value is -3.55. The number of hydrogen-bond acceptors (Lipinski definition) is 5. The van der Waals surface area contributed by atoms with Crippen LogP contribution in [0.1, 0.15) is 53.3 Å². The van der Waals surface area contributed by atoms with Crippen molar-refractivity contribution in [1.29, 1.82) is 0 Å². The van der Waals surface area contributed by atoms with Crippen molar-refractivity contribution >= 4 is 11.6 Å². The van der Waals surface area contributed by atoms with E-state index < -0.39 is 5.60 Å². The molecule has 2 aliphatic rings. The summed E-state index contributed by atoms with van der Waals surface area (Å²) in [6.07, 6.45) is 6.52. The maximum atomic E-state index is 13.1. The number of rotatable bonds is 2. The van der Waals surface area contributed by atoms with Gasteiger partial charge in [-0.1, -0.05) is 0 Å². The first kappa shape index (κ1) is 17.3. The number of benzene rings is 1. The topological polar surface area (TPSA) is 85.2 Å². The van der Waals surface area contributed by atoms with E-state index in [1.54, 1.807) is 35.2 Å². The van der Waals surface area contributed by atoms with E-state index in [1.807, 2.05) is 6.07 Å². The number of H-pyrrole nitrogens is 1. The Kier molecular flexibility index (Phi) is 3.59. The molecule has 1 saturated carbocycles. The number of fused-ring (bicyclic) bond motifs is 3. The van der Waals surface area contributed by atoms with Crippen molar-refractivity contribution in [2.75, 3.05) is 0 Å². The van der Waals surface area contributed by atoms with Crippen LogP contribution in [0.15, 0.2) is 48.8 Å². The number of nitrogens with one attached hydrogen (secondary N) is 1. The maximum Gasteiger partial charge on any atom is 0.339 e. The standard InChI is InChI=1S/C22H18FN5O2/c23-15-3-1-13(2-4-15)18-11-19-25-20(27-28(19)26-18)14-5-8-22(9-6-14)17-12-24-10-7-16(17)21(29)30-22/h1-4,7,10-12,14,26H,5-6,8-9H2. The molecule has 1 N–H and O–H groups in total. The Morgan fingerprint density at radius 2 is 1.97 bits per heavy atom. The molecule has 0 unspecified atom stereocenters. The number of carbonyl (C=O) groups is 1. The van der Waals surface area contributed by atoms with Gasteiger partial charge in [-0.15, -0.1) is 5.10 Å². The fraction of sp³-hybridized carbons (Fsp3) is 0.273. The van der Waals surface area contributed by atoms with Crippen molar-refractivity contribution in [3.05, 3.63) is 71.6 Å². The molecule has 0 bridgehead atoms. The smallest absolute Gasteiger partial charge is 0.339 e. The summed E-state index contributed by atoms with van der Waals surface area (Å²) in [6, 6.07) is 9.94. The molecule has 30 heavy (non-hydrogen) atoms. The van der Waals surface area contributed by atoms with Gasteiger partial charge in [0.05, 0.1) is 11.3 Å². The summed E-state index contributed by atoms with van der Waals surface area (Å²) < 4.78 is 20.6. The molecule has 3 aromatic heterocycles. The van der Waals surface area contributed by atoms with Crippen LogP contribution in [0, 0.1) is 5.82 Å². The molecule has 1 aliphatic heterocycles. The summed E-state index contributed by atoms with van der Waals surface area (Å²) >= 11 is 0. The minimum absolute atomic E-state index is 0.206. The Labute approximate surface area is 170 Å². The number of esters is 1. The van der Waals surface area contributed by atoms with Gasteiger partial charge in [0.2, 0.25) is 0 Å². The van der Waals surface area contributed by atoms with Gasteiger partial charge in [-0.2, -0.15) is 4.63 Å². The SMILES string of the molecule is O=C1OC2(CCC(c3nc4cc(-c5ccc(F)cc5)[nH]n4n3)CC2)c2cnccc21. The molecule has 6 rings (SSSR count). The molecule has 4 heterocycles. The van der Waals surface area contributed by atoms with E-state index in [1.165, 1.54) is 12.1 Å². The molecule has 0 amide bonds. The second kappa shape index (κ2) is 6.22.